The minimum Gasteiger partial charge on any atom is -0.299 e. The normalized spacial score (nSPS) is 17.3. The number of carbonyl (C=O) groups excluding carboxylic acids is 1. The molecule has 3 rings (SSSR count). The SMILES string of the molecule is Cc1ccccc1CC(=O)CC1CCCc2ccccc21. The lowest BCUT2D eigenvalue weighted by Gasteiger charge is -2.25. The number of Topliss-reactive ketones (excluding diaryl/α,β-unsaturated/α-hetero) is 1. The van der Waals surface area contributed by atoms with Gasteiger partial charge in [0.1, 0.15) is 5.78 Å². The Bertz CT molecular complexity index is 642. The quantitative estimate of drug-likeness (QED) is 0.797. The van der Waals surface area contributed by atoms with Gasteiger partial charge in [0, 0.05) is 12.8 Å². The number of benzene rings is 2. The van der Waals surface area contributed by atoms with Crippen molar-refractivity contribution < 1.29 is 4.79 Å². The minimum absolute atomic E-state index is 0.367. The van der Waals surface area contributed by atoms with E-state index < -0.39 is 0 Å². The van der Waals surface area contributed by atoms with E-state index in [9.17, 15) is 4.79 Å². The van der Waals surface area contributed by atoms with Crippen molar-refractivity contribution in [2.24, 2.45) is 0 Å². The van der Waals surface area contributed by atoms with Crippen LogP contribution >= 0.6 is 0 Å². The van der Waals surface area contributed by atoms with Crippen LogP contribution < -0.4 is 0 Å². The fraction of sp³-hybridized carbons (Fsp3) is 0.350. The van der Waals surface area contributed by atoms with Crippen molar-refractivity contribution in [2.75, 3.05) is 0 Å². The lowest BCUT2D eigenvalue weighted by atomic mass is 9.79. The number of ketones is 1. The maximum Gasteiger partial charge on any atom is 0.137 e. The Morgan fingerprint density at radius 3 is 2.71 bits per heavy atom. The van der Waals surface area contributed by atoms with Crippen molar-refractivity contribution in [3.8, 4) is 0 Å². The molecule has 2 aromatic carbocycles. The summed E-state index contributed by atoms with van der Waals surface area (Å²) in [5, 5.41) is 0. The van der Waals surface area contributed by atoms with Crippen LogP contribution in [0.5, 0.6) is 0 Å². The first-order valence-electron chi connectivity index (χ1n) is 7.88. The zero-order chi connectivity index (χ0) is 14.7. The van der Waals surface area contributed by atoms with Gasteiger partial charge >= 0.3 is 0 Å². The summed E-state index contributed by atoms with van der Waals surface area (Å²) in [7, 11) is 0. The van der Waals surface area contributed by atoms with Crippen molar-refractivity contribution in [1.29, 1.82) is 0 Å². The van der Waals surface area contributed by atoms with E-state index >= 15 is 0 Å². The molecule has 0 bridgehead atoms. The Labute approximate surface area is 127 Å². The van der Waals surface area contributed by atoms with Crippen molar-refractivity contribution in [1.82, 2.24) is 0 Å². The van der Waals surface area contributed by atoms with Gasteiger partial charge in [0.25, 0.3) is 0 Å². The lowest BCUT2D eigenvalue weighted by Crippen LogP contribution is -2.15. The first-order valence-corrected chi connectivity index (χ1v) is 7.88. The van der Waals surface area contributed by atoms with Crippen LogP contribution in [0.3, 0.4) is 0 Å². The largest absolute Gasteiger partial charge is 0.299 e. The summed E-state index contributed by atoms with van der Waals surface area (Å²) in [6.07, 6.45) is 4.78. The van der Waals surface area contributed by atoms with Crippen LogP contribution in [0.15, 0.2) is 48.5 Å². The number of aryl methyl sites for hydroxylation is 2. The highest BCUT2D eigenvalue weighted by Crippen LogP contribution is 2.34. The maximum atomic E-state index is 12.4. The molecule has 21 heavy (non-hydrogen) atoms. The first kappa shape index (κ1) is 14.1. The summed E-state index contributed by atoms with van der Waals surface area (Å²) in [4.78, 5) is 12.4. The third-order valence-electron chi connectivity index (χ3n) is 4.62. The summed E-state index contributed by atoms with van der Waals surface area (Å²) in [6, 6.07) is 16.8. The average Bonchev–Trinajstić information content (AvgIpc) is 2.50. The molecule has 0 aromatic heterocycles. The molecule has 0 heterocycles. The van der Waals surface area contributed by atoms with Crippen LogP contribution in [0.1, 0.15) is 47.4 Å². The predicted octanol–water partition coefficient (Wildman–Crippen LogP) is 4.62. The molecule has 0 saturated heterocycles. The second kappa shape index (κ2) is 6.26. The number of hydrogen-bond acceptors (Lipinski definition) is 1. The summed E-state index contributed by atoms with van der Waals surface area (Å²) >= 11 is 0. The van der Waals surface area contributed by atoms with E-state index in [4.69, 9.17) is 0 Å². The van der Waals surface area contributed by atoms with Gasteiger partial charge in [0.15, 0.2) is 0 Å². The molecule has 1 aliphatic carbocycles. The summed E-state index contributed by atoms with van der Waals surface area (Å²) in [5.74, 6) is 0.789. The fourth-order valence-electron chi connectivity index (χ4n) is 3.43. The van der Waals surface area contributed by atoms with Gasteiger partial charge in [0.05, 0.1) is 0 Å². The molecule has 2 aromatic rings. The Morgan fingerprint density at radius 1 is 1.10 bits per heavy atom. The highest BCUT2D eigenvalue weighted by molar-refractivity contribution is 5.82. The van der Waals surface area contributed by atoms with Gasteiger partial charge in [-0.1, -0.05) is 48.5 Å². The minimum atomic E-state index is 0.367. The fourth-order valence-corrected chi connectivity index (χ4v) is 3.43. The molecule has 0 saturated carbocycles. The molecule has 0 fully saturated rings. The molecule has 0 amide bonds. The summed E-state index contributed by atoms with van der Waals surface area (Å²) in [6.45, 7) is 2.08. The van der Waals surface area contributed by atoms with Crippen molar-refractivity contribution >= 4 is 5.78 Å². The third-order valence-corrected chi connectivity index (χ3v) is 4.62. The second-order valence-corrected chi connectivity index (χ2v) is 6.13. The lowest BCUT2D eigenvalue weighted by molar-refractivity contribution is -0.118. The zero-order valence-corrected chi connectivity index (χ0v) is 12.6. The molecule has 0 radical (unpaired) electrons. The van der Waals surface area contributed by atoms with E-state index in [0.717, 1.165) is 6.42 Å². The van der Waals surface area contributed by atoms with E-state index in [-0.39, 0.29) is 0 Å². The molecule has 0 N–H and O–H groups in total. The molecular weight excluding hydrogens is 256 g/mol. The monoisotopic (exact) mass is 278 g/mol. The standard InChI is InChI=1S/C20H22O/c1-15-7-2-3-9-17(15)13-19(21)14-18-11-6-10-16-8-4-5-12-20(16)18/h2-5,7-9,12,18H,6,10-11,13-14H2,1H3. The maximum absolute atomic E-state index is 12.4. The molecule has 1 heteroatoms. The van der Waals surface area contributed by atoms with Gasteiger partial charge in [-0.25, -0.2) is 0 Å². The smallest absolute Gasteiger partial charge is 0.137 e. The Balaban J connectivity index is 1.70. The number of carbonyl (C=O) groups is 1. The van der Waals surface area contributed by atoms with Crippen LogP contribution in [0.4, 0.5) is 0 Å². The van der Waals surface area contributed by atoms with Gasteiger partial charge < -0.3 is 0 Å². The van der Waals surface area contributed by atoms with E-state index in [0.29, 0.717) is 24.5 Å². The van der Waals surface area contributed by atoms with E-state index in [1.807, 2.05) is 12.1 Å². The molecule has 108 valence electrons. The predicted molar refractivity (Wildman–Crippen MR) is 86.6 cm³/mol. The number of rotatable bonds is 4. The molecule has 1 aliphatic rings. The summed E-state index contributed by atoms with van der Waals surface area (Å²) < 4.78 is 0. The second-order valence-electron chi connectivity index (χ2n) is 6.13. The Morgan fingerprint density at radius 2 is 1.86 bits per heavy atom. The Hall–Kier alpha value is -1.89. The molecular formula is C20H22O. The van der Waals surface area contributed by atoms with Gasteiger partial charge in [-0.05, 0) is 54.4 Å². The molecule has 1 unspecified atom stereocenters. The highest BCUT2D eigenvalue weighted by atomic mass is 16.1. The molecule has 0 aliphatic heterocycles. The van der Waals surface area contributed by atoms with Crippen LogP contribution in [0.25, 0.3) is 0 Å². The van der Waals surface area contributed by atoms with Gasteiger partial charge in [-0.2, -0.15) is 0 Å². The van der Waals surface area contributed by atoms with Crippen molar-refractivity contribution in [2.45, 2.75) is 44.9 Å². The number of hydrogen-bond donors (Lipinski definition) is 0. The van der Waals surface area contributed by atoms with E-state index in [1.54, 1.807) is 0 Å². The highest BCUT2D eigenvalue weighted by Gasteiger charge is 2.22. The molecule has 1 atom stereocenters. The van der Waals surface area contributed by atoms with Gasteiger partial charge in [-0.15, -0.1) is 0 Å². The third kappa shape index (κ3) is 3.24. The van der Waals surface area contributed by atoms with E-state index in [1.165, 1.54) is 35.1 Å². The topological polar surface area (TPSA) is 17.1 Å². The average molecular weight is 278 g/mol. The van der Waals surface area contributed by atoms with Crippen LogP contribution in [-0.2, 0) is 17.6 Å². The Kier molecular flexibility index (Phi) is 4.19. The molecule has 1 nitrogen and oxygen atoms in total. The van der Waals surface area contributed by atoms with Crippen LogP contribution in [0, 0.1) is 6.92 Å². The van der Waals surface area contributed by atoms with Crippen LogP contribution in [-0.4, -0.2) is 5.78 Å². The van der Waals surface area contributed by atoms with E-state index in [2.05, 4.69) is 43.3 Å². The van der Waals surface area contributed by atoms with Crippen molar-refractivity contribution in [3.05, 3.63) is 70.8 Å². The van der Waals surface area contributed by atoms with Crippen molar-refractivity contribution in [3.63, 3.8) is 0 Å². The molecule has 0 spiro atoms. The first-order chi connectivity index (χ1) is 10.2. The summed E-state index contributed by atoms with van der Waals surface area (Å²) in [5.41, 5.74) is 5.24. The number of fused-ring (bicyclic) bond motifs is 1. The van der Waals surface area contributed by atoms with Gasteiger partial charge in [-0.3, -0.25) is 4.79 Å². The van der Waals surface area contributed by atoms with Crippen LogP contribution in [0.2, 0.25) is 0 Å². The zero-order valence-electron chi connectivity index (χ0n) is 12.6. The van der Waals surface area contributed by atoms with Gasteiger partial charge in [0.2, 0.25) is 0 Å².